The monoisotopic (exact) mass is 1350 g/mol. The minimum atomic E-state index is -2.32. The average molecular weight is 1350 g/mol. The second-order valence-electron chi connectivity index (χ2n) is 22.9. The van der Waals surface area contributed by atoms with Gasteiger partial charge in [-0.05, 0) is 96.2 Å². The maximum atomic E-state index is 15.8. The Labute approximate surface area is 542 Å². The van der Waals surface area contributed by atoms with Crippen LogP contribution in [0.5, 0.6) is 46.0 Å². The first-order chi connectivity index (χ1) is 44.4. The van der Waals surface area contributed by atoms with E-state index in [0.717, 1.165) is 73.7 Å². The van der Waals surface area contributed by atoms with Crippen molar-refractivity contribution in [3.05, 3.63) is 117 Å². The normalized spacial score (nSPS) is 25.7. The number of benzene rings is 5. The lowest BCUT2D eigenvalue weighted by molar-refractivity contribution is -0.271. The number of aliphatic carboxylic acids is 1. The predicted molar refractivity (Wildman–Crippen MR) is 324 cm³/mol. The van der Waals surface area contributed by atoms with Gasteiger partial charge in [0.15, 0.2) is 17.5 Å². The molecule has 94 heavy (non-hydrogen) atoms. The van der Waals surface area contributed by atoms with Gasteiger partial charge in [-0.3, -0.25) is 38.4 Å². The van der Waals surface area contributed by atoms with Crippen molar-refractivity contribution < 1.29 is 108 Å². The zero-order chi connectivity index (χ0) is 68.5. The van der Waals surface area contributed by atoms with E-state index in [4.69, 9.17) is 47.9 Å². The quantitative estimate of drug-likeness (QED) is 0.0782. The number of hydrogen-bond donors (Lipinski definition) is 18. The summed E-state index contributed by atoms with van der Waals surface area (Å²) in [7, 11) is 1.47. The van der Waals surface area contributed by atoms with Crippen LogP contribution in [0.4, 0.5) is 0 Å². The van der Waals surface area contributed by atoms with E-state index in [1.807, 2.05) is 13.8 Å². The molecule has 5 aromatic carbocycles. The number of ether oxygens (including phenoxy) is 4. The van der Waals surface area contributed by atoms with Crippen LogP contribution in [0.2, 0.25) is 10.0 Å². The number of aromatic hydroxyl groups is 3. The number of fused-ring (bicyclic) bond motifs is 15. The highest BCUT2D eigenvalue weighted by Crippen LogP contribution is 2.49. The molecule has 500 valence electrons. The number of phenolic OH excluding ortho intramolecular Hbond substituents is 3. The van der Waals surface area contributed by atoms with Crippen LogP contribution in [0.15, 0.2) is 78.9 Å². The van der Waals surface area contributed by atoms with Crippen molar-refractivity contribution in [3.8, 4) is 57.1 Å². The zero-order valence-electron chi connectivity index (χ0n) is 50.0. The standard InChI is InChI=1S/C61H65Cl2N9O22/c1-21(2)11-32(65-4)54(83)71-46-48(78)24-6-9-36(30(62)13-24)91-38-15-26-16-39(53(38)94-61-52(82)51(81)50(80)40(93-61)20-66-22(3)73)92-37-10-7-25(14-31(37)63)49(79)47-59(88)70-45(60(89)90)29-17-27(74)18-35(76)42(29)28-12-23(5-8-34(28)75)43(56(85)72-47)69-57(86)44(26)68-55(84)33(19-41(64)77)67-58(46)87/h5-10,12-18,21,32-33,40,43-52,61,65,74-76,78-82H,11,19-20H2,1-4H3,(H2,64,77)(H,66,73)(H,67,87)(H,68,84)(H,69,86)(H,70,88)(H,71,83)(H,72,85)(H,89,90)/t32-,33+,40-,43-,44-,45+,46-,47+,48-,49-,50-,51+,52-,61+/m1/s1. The number of carbonyl (C=O) groups is 9. The number of carboxylic acids is 1. The summed E-state index contributed by atoms with van der Waals surface area (Å²) in [6, 6.07) is -0.654. The van der Waals surface area contributed by atoms with E-state index < -0.39 is 213 Å². The number of aliphatic hydroxyl groups excluding tert-OH is 5. The Bertz CT molecular complexity index is 3860. The van der Waals surface area contributed by atoms with Crippen LogP contribution >= 0.6 is 23.2 Å². The summed E-state index contributed by atoms with van der Waals surface area (Å²) in [5.41, 5.74) is 2.89. The highest BCUT2D eigenvalue weighted by Gasteiger charge is 2.47. The lowest BCUT2D eigenvalue weighted by Gasteiger charge is -2.40. The van der Waals surface area contributed by atoms with Crippen molar-refractivity contribution in [2.45, 2.75) is 119 Å². The number of rotatable bonds is 12. The van der Waals surface area contributed by atoms with E-state index >= 15 is 14.4 Å². The van der Waals surface area contributed by atoms with E-state index in [0.29, 0.717) is 0 Å². The van der Waals surface area contributed by atoms with E-state index in [-0.39, 0.29) is 45.6 Å². The molecule has 6 heterocycles. The number of hydrogen-bond acceptors (Lipinski definition) is 22. The summed E-state index contributed by atoms with van der Waals surface area (Å²) in [5, 5.41) is 121. The van der Waals surface area contributed by atoms with Gasteiger partial charge in [-0.25, -0.2) is 4.79 Å². The Morgan fingerprint density at radius 3 is 1.84 bits per heavy atom. The van der Waals surface area contributed by atoms with Gasteiger partial charge in [-0.2, -0.15) is 0 Å². The number of halogens is 2. The number of likely N-dealkylation sites (N-methyl/N-ethyl adjacent to an activating group) is 1. The maximum absolute atomic E-state index is 15.8. The summed E-state index contributed by atoms with van der Waals surface area (Å²) >= 11 is 13.9. The zero-order valence-corrected chi connectivity index (χ0v) is 51.5. The SMILES string of the molecule is CN[C@H](CC(C)C)C(=O)N[C@H]1C(=O)N[C@@H](CC(N)=O)C(=O)N[C@H]2C(=O)N[C@H]3C(=O)N[C@H](C(=O)N[C@H](C(=O)O)c4cc(O)cc(O)c4-c4cc3ccc4O)[C@H](O)c3ccc(c(Cl)c3)Oc3cc2cc(c3O[C@@H]2O[C@H](CNC(C)=O)[C@@H](O)[C@H](O)[C@H]2O)Oc2ccc(cc2Cl)[C@H]1O. The molecule has 6 aliphatic heterocycles. The summed E-state index contributed by atoms with van der Waals surface area (Å²) in [6.45, 7) is 4.31. The second kappa shape index (κ2) is 28.3. The number of carboxylic acid groups (broad SMARTS) is 1. The van der Waals surface area contributed by atoms with Gasteiger partial charge in [0, 0.05) is 36.2 Å². The minimum Gasteiger partial charge on any atom is -0.508 e. The first-order valence-electron chi connectivity index (χ1n) is 28.9. The van der Waals surface area contributed by atoms with Gasteiger partial charge >= 0.3 is 5.97 Å². The third-order valence-electron chi connectivity index (χ3n) is 15.8. The molecule has 31 nitrogen and oxygen atoms in total. The van der Waals surface area contributed by atoms with Gasteiger partial charge in [-0.1, -0.05) is 55.2 Å². The van der Waals surface area contributed by atoms with E-state index in [2.05, 4.69) is 42.5 Å². The van der Waals surface area contributed by atoms with Crippen molar-refractivity contribution in [1.29, 1.82) is 0 Å². The summed E-state index contributed by atoms with van der Waals surface area (Å²) in [4.78, 5) is 128. The minimum absolute atomic E-state index is 0.0876. The fourth-order valence-corrected chi connectivity index (χ4v) is 11.4. The first-order valence-corrected chi connectivity index (χ1v) is 29.7. The maximum Gasteiger partial charge on any atom is 0.330 e. The molecule has 11 rings (SSSR count). The molecule has 1 fully saturated rings. The lowest BCUT2D eigenvalue weighted by Crippen LogP contribution is -2.61. The second-order valence-corrected chi connectivity index (χ2v) is 23.7. The Morgan fingerprint density at radius 2 is 1.26 bits per heavy atom. The Morgan fingerprint density at radius 1 is 0.660 bits per heavy atom. The predicted octanol–water partition coefficient (Wildman–Crippen LogP) is 0.0125. The fourth-order valence-electron chi connectivity index (χ4n) is 11.0. The number of carbonyl (C=O) groups excluding carboxylic acids is 8. The van der Waals surface area contributed by atoms with Crippen molar-refractivity contribution in [1.82, 2.24) is 42.5 Å². The molecule has 5 aromatic rings. The Kier molecular flexibility index (Phi) is 20.7. The number of aliphatic hydroxyl groups is 5. The number of phenols is 3. The van der Waals surface area contributed by atoms with E-state index in [9.17, 15) is 74.7 Å². The van der Waals surface area contributed by atoms with Crippen LogP contribution < -0.4 is 62.5 Å². The summed E-state index contributed by atoms with van der Waals surface area (Å²) in [6.07, 6.45) is -14.8. The Balaban J connectivity index is 1.32. The molecular formula is C61H65Cl2N9O22. The molecule has 1 saturated heterocycles. The Hall–Kier alpha value is -9.57. The summed E-state index contributed by atoms with van der Waals surface area (Å²) < 4.78 is 25.3. The molecule has 6 aliphatic rings. The largest absolute Gasteiger partial charge is 0.508 e. The van der Waals surface area contributed by atoms with Crippen LogP contribution in [0.1, 0.15) is 91.8 Å². The third kappa shape index (κ3) is 14.8. The molecule has 8 amide bonds. The number of nitrogens with two attached hydrogens (primary N) is 1. The molecule has 0 aromatic heterocycles. The molecule has 0 unspecified atom stereocenters. The van der Waals surface area contributed by atoms with E-state index in [1.54, 1.807) is 0 Å². The van der Waals surface area contributed by atoms with Gasteiger partial charge in [0.05, 0.1) is 22.5 Å². The fraction of sp³-hybridized carbons (Fsp3) is 0.361. The molecule has 0 radical (unpaired) electrons. The first kappa shape index (κ1) is 68.8. The number of amides is 8. The smallest absolute Gasteiger partial charge is 0.330 e. The highest BCUT2D eigenvalue weighted by atomic mass is 35.5. The van der Waals surface area contributed by atoms with Gasteiger partial charge in [0.1, 0.15) is 95.6 Å². The molecular weight excluding hydrogens is 1280 g/mol. The average Bonchev–Trinajstić information content (AvgIpc) is 0.779. The van der Waals surface area contributed by atoms with Crippen LogP contribution in [-0.2, 0) is 47.9 Å². The number of primary amides is 1. The van der Waals surface area contributed by atoms with Crippen LogP contribution in [0, 0.1) is 5.92 Å². The van der Waals surface area contributed by atoms with Crippen LogP contribution in [0.3, 0.4) is 0 Å². The topological polar surface area (TPSA) is 495 Å². The third-order valence-corrected chi connectivity index (χ3v) is 16.4. The molecule has 11 bridgehead atoms. The van der Waals surface area contributed by atoms with Gasteiger partial charge in [-0.15, -0.1) is 0 Å². The summed E-state index contributed by atoms with van der Waals surface area (Å²) in [5.74, 6) is -16.5. The van der Waals surface area contributed by atoms with Crippen molar-refractivity contribution in [2.75, 3.05) is 13.6 Å². The number of nitrogens with one attached hydrogen (secondary N) is 8. The van der Waals surface area contributed by atoms with Gasteiger partial charge < -0.3 is 113 Å². The van der Waals surface area contributed by atoms with E-state index in [1.165, 1.54) is 19.2 Å². The van der Waals surface area contributed by atoms with Crippen molar-refractivity contribution >= 4 is 76.4 Å². The molecule has 0 spiro atoms. The highest BCUT2D eigenvalue weighted by molar-refractivity contribution is 6.32. The molecule has 0 saturated carbocycles. The van der Waals surface area contributed by atoms with Crippen LogP contribution in [-0.4, -0.2) is 168 Å². The molecule has 19 N–H and O–H groups in total. The molecule has 14 atom stereocenters. The van der Waals surface area contributed by atoms with Crippen LogP contribution in [0.25, 0.3) is 11.1 Å². The van der Waals surface area contributed by atoms with Crippen molar-refractivity contribution in [2.24, 2.45) is 11.7 Å². The molecule has 33 heteroatoms. The molecule has 0 aliphatic carbocycles. The van der Waals surface area contributed by atoms with Gasteiger partial charge in [0.25, 0.3) is 0 Å². The van der Waals surface area contributed by atoms with Crippen molar-refractivity contribution in [3.63, 3.8) is 0 Å². The van der Waals surface area contributed by atoms with Gasteiger partial charge in [0.2, 0.25) is 59.3 Å². The lowest BCUT2D eigenvalue weighted by atomic mass is 9.89.